The Labute approximate surface area is 107 Å². The maximum Gasteiger partial charge on any atom is 0.161 e. The molecule has 0 aliphatic carbocycles. The summed E-state index contributed by atoms with van der Waals surface area (Å²) in [5.41, 5.74) is 2.34. The van der Waals surface area contributed by atoms with Crippen LogP contribution in [0.1, 0.15) is 5.56 Å². The van der Waals surface area contributed by atoms with Gasteiger partial charge < -0.3 is 4.90 Å². The van der Waals surface area contributed by atoms with Crippen LogP contribution >= 0.6 is 0 Å². The van der Waals surface area contributed by atoms with Gasteiger partial charge in [0.15, 0.2) is 5.84 Å². The molecule has 3 rings (SSSR count). The second kappa shape index (κ2) is 4.53. The minimum absolute atomic E-state index is 0.822. The Balaban J connectivity index is 1.85. The first-order valence-corrected chi connectivity index (χ1v) is 6.01. The molecule has 1 aromatic rings. The number of fused-ring (bicyclic) bond motifs is 1. The highest BCUT2D eigenvalue weighted by molar-refractivity contribution is 6.03. The summed E-state index contributed by atoms with van der Waals surface area (Å²) < 4.78 is 0. The van der Waals surface area contributed by atoms with Gasteiger partial charge in [-0.1, -0.05) is 42.5 Å². The molecule has 0 aromatic heterocycles. The monoisotopic (exact) mass is 237 g/mol. The van der Waals surface area contributed by atoms with Crippen molar-refractivity contribution < 1.29 is 0 Å². The molecule has 0 spiro atoms. The number of hydrogen-bond donors (Lipinski definition) is 0. The summed E-state index contributed by atoms with van der Waals surface area (Å²) in [6, 6.07) is 10.3. The van der Waals surface area contributed by atoms with E-state index in [1.165, 1.54) is 5.56 Å². The highest BCUT2D eigenvalue weighted by Crippen LogP contribution is 2.19. The van der Waals surface area contributed by atoms with Gasteiger partial charge >= 0.3 is 0 Å². The zero-order chi connectivity index (χ0) is 12.4. The largest absolute Gasteiger partial charge is 0.311 e. The van der Waals surface area contributed by atoms with Crippen LogP contribution in [0.5, 0.6) is 0 Å². The Hall–Kier alpha value is -2.29. The number of hydrogen-bond acceptors (Lipinski definition) is 3. The van der Waals surface area contributed by atoms with Gasteiger partial charge in [0, 0.05) is 18.8 Å². The van der Waals surface area contributed by atoms with E-state index in [1.54, 1.807) is 0 Å². The van der Waals surface area contributed by atoms with Crippen LogP contribution in [0.3, 0.4) is 0 Å². The van der Waals surface area contributed by atoms with Gasteiger partial charge in [0.25, 0.3) is 0 Å². The minimum Gasteiger partial charge on any atom is -0.311 e. The lowest BCUT2D eigenvalue weighted by Crippen LogP contribution is -2.26. The van der Waals surface area contributed by atoms with Crippen LogP contribution < -0.4 is 0 Å². The van der Waals surface area contributed by atoms with E-state index in [0.717, 1.165) is 18.1 Å². The number of hydrazone groups is 1. The number of nitrogens with zero attached hydrogens (tertiary/aromatic N) is 3. The molecule has 2 aliphatic rings. The van der Waals surface area contributed by atoms with Crippen LogP contribution in [0.25, 0.3) is 6.08 Å². The molecule has 0 atom stereocenters. The van der Waals surface area contributed by atoms with Crippen molar-refractivity contribution in [3.05, 3.63) is 65.9 Å². The zero-order valence-corrected chi connectivity index (χ0v) is 10.3. The van der Waals surface area contributed by atoms with Crippen molar-refractivity contribution in [2.45, 2.75) is 0 Å². The lowest BCUT2D eigenvalue weighted by Gasteiger charge is -2.18. The standard InChI is InChI=1S/C15H15N3/c1-17-12-18-11-5-8-14(15(18)16-17)10-9-13-6-3-2-4-7-13/h2-11H,12H2,1H3. The van der Waals surface area contributed by atoms with E-state index in [1.807, 2.05) is 30.3 Å². The van der Waals surface area contributed by atoms with E-state index in [2.05, 4.69) is 52.6 Å². The molecule has 0 radical (unpaired) electrons. The predicted octanol–water partition coefficient (Wildman–Crippen LogP) is 2.67. The van der Waals surface area contributed by atoms with Crippen LogP contribution in [-0.2, 0) is 0 Å². The van der Waals surface area contributed by atoms with E-state index in [-0.39, 0.29) is 0 Å². The number of amidine groups is 1. The third kappa shape index (κ3) is 2.07. The normalized spacial score (nSPS) is 18.1. The summed E-state index contributed by atoms with van der Waals surface area (Å²) in [7, 11) is 1.98. The van der Waals surface area contributed by atoms with E-state index in [4.69, 9.17) is 0 Å². The van der Waals surface area contributed by atoms with Crippen LogP contribution in [0.2, 0.25) is 0 Å². The first kappa shape index (κ1) is 10.8. The molecule has 3 nitrogen and oxygen atoms in total. The number of benzene rings is 1. The van der Waals surface area contributed by atoms with Crippen molar-refractivity contribution in [2.24, 2.45) is 5.10 Å². The number of rotatable bonds is 2. The van der Waals surface area contributed by atoms with Crippen molar-refractivity contribution in [1.82, 2.24) is 9.91 Å². The molecule has 2 aliphatic heterocycles. The quantitative estimate of drug-likeness (QED) is 0.787. The molecule has 18 heavy (non-hydrogen) atoms. The summed E-state index contributed by atoms with van der Waals surface area (Å²) in [6.07, 6.45) is 10.4. The molecular formula is C15H15N3. The predicted molar refractivity (Wildman–Crippen MR) is 74.6 cm³/mol. The van der Waals surface area contributed by atoms with Gasteiger partial charge in [-0.05, 0) is 17.7 Å². The fraction of sp³-hybridized carbons (Fsp3) is 0.133. The lowest BCUT2D eigenvalue weighted by atomic mass is 10.1. The smallest absolute Gasteiger partial charge is 0.161 e. The van der Waals surface area contributed by atoms with Gasteiger partial charge in [-0.25, -0.2) is 0 Å². The second-order valence-corrected chi connectivity index (χ2v) is 4.40. The van der Waals surface area contributed by atoms with Crippen molar-refractivity contribution >= 4 is 11.9 Å². The Bertz CT molecular complexity index is 552. The third-order valence-electron chi connectivity index (χ3n) is 2.95. The van der Waals surface area contributed by atoms with Gasteiger partial charge in [-0.15, -0.1) is 0 Å². The van der Waals surface area contributed by atoms with Gasteiger partial charge in [-0.2, -0.15) is 5.10 Å². The van der Waals surface area contributed by atoms with Gasteiger partial charge in [0.1, 0.15) is 6.67 Å². The Morgan fingerprint density at radius 3 is 2.83 bits per heavy atom. The molecule has 1 aromatic carbocycles. The SMILES string of the molecule is CN1CN2C=CC=C(C=Cc3ccccc3)C2=N1. The van der Waals surface area contributed by atoms with E-state index >= 15 is 0 Å². The van der Waals surface area contributed by atoms with Crippen LogP contribution in [0.4, 0.5) is 0 Å². The van der Waals surface area contributed by atoms with Crippen LogP contribution in [0.15, 0.2) is 65.4 Å². The lowest BCUT2D eigenvalue weighted by molar-refractivity contribution is 0.317. The molecule has 0 amide bonds. The van der Waals surface area contributed by atoms with E-state index in [0.29, 0.717) is 0 Å². The maximum absolute atomic E-state index is 4.51. The van der Waals surface area contributed by atoms with Crippen molar-refractivity contribution in [3.8, 4) is 0 Å². The summed E-state index contributed by atoms with van der Waals surface area (Å²) >= 11 is 0. The Morgan fingerprint density at radius 2 is 2.00 bits per heavy atom. The summed E-state index contributed by atoms with van der Waals surface area (Å²) in [5, 5.41) is 6.45. The Kier molecular flexibility index (Phi) is 2.73. The molecule has 0 saturated heterocycles. The zero-order valence-electron chi connectivity index (χ0n) is 10.3. The van der Waals surface area contributed by atoms with Gasteiger partial charge in [-0.3, -0.25) is 5.01 Å². The highest BCUT2D eigenvalue weighted by Gasteiger charge is 2.22. The fourth-order valence-electron chi connectivity index (χ4n) is 2.08. The summed E-state index contributed by atoms with van der Waals surface area (Å²) in [4.78, 5) is 2.14. The van der Waals surface area contributed by atoms with Crippen LogP contribution in [0, 0.1) is 0 Å². The molecule has 0 fully saturated rings. The molecule has 0 N–H and O–H groups in total. The molecule has 0 saturated carbocycles. The molecule has 0 unspecified atom stereocenters. The first-order chi connectivity index (χ1) is 8.83. The molecule has 2 heterocycles. The van der Waals surface area contributed by atoms with Gasteiger partial charge in [0.2, 0.25) is 0 Å². The summed E-state index contributed by atoms with van der Waals surface area (Å²) in [6.45, 7) is 0.822. The highest BCUT2D eigenvalue weighted by atomic mass is 15.6. The topological polar surface area (TPSA) is 18.8 Å². The van der Waals surface area contributed by atoms with Gasteiger partial charge in [0.05, 0.1) is 0 Å². The van der Waals surface area contributed by atoms with Crippen molar-refractivity contribution in [2.75, 3.05) is 13.7 Å². The third-order valence-corrected chi connectivity index (χ3v) is 2.95. The molecule has 0 bridgehead atoms. The fourth-order valence-corrected chi connectivity index (χ4v) is 2.08. The molecule has 90 valence electrons. The first-order valence-electron chi connectivity index (χ1n) is 6.01. The average molecular weight is 237 g/mol. The second-order valence-electron chi connectivity index (χ2n) is 4.40. The Morgan fingerprint density at radius 1 is 1.17 bits per heavy atom. The average Bonchev–Trinajstić information content (AvgIpc) is 2.78. The van der Waals surface area contributed by atoms with E-state index < -0.39 is 0 Å². The van der Waals surface area contributed by atoms with Crippen molar-refractivity contribution in [3.63, 3.8) is 0 Å². The maximum atomic E-state index is 4.51. The van der Waals surface area contributed by atoms with Crippen LogP contribution in [-0.4, -0.2) is 29.5 Å². The molecular weight excluding hydrogens is 222 g/mol. The van der Waals surface area contributed by atoms with Crippen molar-refractivity contribution in [1.29, 1.82) is 0 Å². The number of allylic oxidation sites excluding steroid dienone is 2. The van der Waals surface area contributed by atoms with E-state index in [9.17, 15) is 0 Å². The summed E-state index contributed by atoms with van der Waals surface area (Å²) in [5.74, 6) is 1.02. The molecule has 3 heteroatoms. The minimum atomic E-state index is 0.822.